The molecule has 5 heteroatoms. The van der Waals surface area contributed by atoms with Crippen LogP contribution in [0.2, 0.25) is 0 Å². The molecule has 0 fully saturated rings. The average molecular weight is 295 g/mol. The number of rotatable bonds is 4. The van der Waals surface area contributed by atoms with E-state index >= 15 is 0 Å². The molecule has 0 amide bonds. The third-order valence-electron chi connectivity index (χ3n) is 3.37. The van der Waals surface area contributed by atoms with Crippen LogP contribution < -0.4 is 0 Å². The van der Waals surface area contributed by atoms with Crippen LogP contribution >= 0.6 is 0 Å². The van der Waals surface area contributed by atoms with Crippen molar-refractivity contribution in [2.75, 3.05) is 13.7 Å². The predicted octanol–water partition coefficient (Wildman–Crippen LogP) is 1.76. The molecule has 1 aromatic rings. The summed E-state index contributed by atoms with van der Waals surface area (Å²) in [6.07, 6.45) is 0.749. The number of aryl methyl sites for hydroxylation is 1. The number of aliphatic hydroxyl groups excluding tert-OH is 1. The molecule has 0 radical (unpaired) electrons. The lowest BCUT2D eigenvalue weighted by Crippen LogP contribution is -2.35. The summed E-state index contributed by atoms with van der Waals surface area (Å²) < 4.78 is 26.6. The second-order valence-corrected chi connectivity index (χ2v) is 6.68. The van der Waals surface area contributed by atoms with E-state index in [1.165, 1.54) is 4.31 Å². The SMILES string of the molecule is CCC(C)N(C)S(=O)(=O)c1cc(C#CCO)ccc1C. The van der Waals surface area contributed by atoms with Crippen molar-refractivity contribution in [1.82, 2.24) is 4.31 Å². The molecule has 4 nitrogen and oxygen atoms in total. The molecule has 0 aliphatic rings. The van der Waals surface area contributed by atoms with E-state index in [1.54, 1.807) is 32.2 Å². The summed E-state index contributed by atoms with van der Waals surface area (Å²) in [4.78, 5) is 0.269. The summed E-state index contributed by atoms with van der Waals surface area (Å²) in [5.74, 6) is 5.26. The minimum atomic E-state index is -3.53. The number of aliphatic hydroxyl groups is 1. The number of benzene rings is 1. The molecule has 0 spiro atoms. The Hall–Kier alpha value is -1.35. The van der Waals surface area contributed by atoms with Gasteiger partial charge in [0.1, 0.15) is 6.61 Å². The summed E-state index contributed by atoms with van der Waals surface area (Å²) in [5, 5.41) is 8.70. The Bertz CT molecular complexity index is 626. The number of hydrogen-bond donors (Lipinski definition) is 1. The highest BCUT2D eigenvalue weighted by atomic mass is 32.2. The van der Waals surface area contributed by atoms with Gasteiger partial charge in [-0.25, -0.2) is 8.42 Å². The van der Waals surface area contributed by atoms with Crippen molar-refractivity contribution in [1.29, 1.82) is 0 Å². The molecular weight excluding hydrogens is 274 g/mol. The Morgan fingerprint density at radius 1 is 1.40 bits per heavy atom. The van der Waals surface area contributed by atoms with Crippen LogP contribution in [0.5, 0.6) is 0 Å². The molecule has 0 saturated carbocycles. The first-order valence-electron chi connectivity index (χ1n) is 6.53. The van der Waals surface area contributed by atoms with Gasteiger partial charge in [-0.2, -0.15) is 4.31 Å². The highest BCUT2D eigenvalue weighted by Crippen LogP contribution is 2.22. The molecule has 0 aromatic heterocycles. The smallest absolute Gasteiger partial charge is 0.243 e. The summed E-state index contributed by atoms with van der Waals surface area (Å²) in [6.45, 7) is 5.35. The van der Waals surface area contributed by atoms with Crippen LogP contribution in [-0.2, 0) is 10.0 Å². The third-order valence-corrected chi connectivity index (χ3v) is 5.48. The lowest BCUT2D eigenvalue weighted by atomic mass is 10.1. The zero-order valence-electron chi connectivity index (χ0n) is 12.3. The van der Waals surface area contributed by atoms with Gasteiger partial charge in [0.2, 0.25) is 10.0 Å². The van der Waals surface area contributed by atoms with E-state index < -0.39 is 10.0 Å². The van der Waals surface area contributed by atoms with E-state index in [4.69, 9.17) is 5.11 Å². The van der Waals surface area contributed by atoms with E-state index in [1.807, 2.05) is 13.8 Å². The maximum absolute atomic E-state index is 12.6. The Morgan fingerprint density at radius 3 is 2.60 bits per heavy atom. The van der Waals surface area contributed by atoms with Crippen molar-refractivity contribution in [2.45, 2.75) is 38.1 Å². The Balaban J connectivity index is 3.30. The Morgan fingerprint density at radius 2 is 2.05 bits per heavy atom. The quantitative estimate of drug-likeness (QED) is 0.861. The maximum Gasteiger partial charge on any atom is 0.243 e. The zero-order chi connectivity index (χ0) is 15.3. The highest BCUT2D eigenvalue weighted by molar-refractivity contribution is 7.89. The molecule has 20 heavy (non-hydrogen) atoms. The summed E-state index contributed by atoms with van der Waals surface area (Å²) in [7, 11) is -1.93. The molecule has 1 unspecified atom stereocenters. The van der Waals surface area contributed by atoms with E-state index in [-0.39, 0.29) is 17.5 Å². The Labute approximate surface area is 121 Å². The van der Waals surface area contributed by atoms with Gasteiger partial charge in [-0.15, -0.1) is 0 Å². The molecule has 0 bridgehead atoms. The fraction of sp³-hybridized carbons (Fsp3) is 0.467. The first-order chi connectivity index (χ1) is 9.34. The largest absolute Gasteiger partial charge is 0.384 e. The molecule has 0 saturated heterocycles. The van der Waals surface area contributed by atoms with E-state index in [0.29, 0.717) is 11.1 Å². The topological polar surface area (TPSA) is 57.6 Å². The molecule has 110 valence electrons. The fourth-order valence-electron chi connectivity index (χ4n) is 1.75. The standard InChI is InChI=1S/C15H21NO3S/c1-5-13(3)16(4)20(18,19)15-11-14(7-6-10-17)9-8-12(15)2/h8-9,11,13,17H,5,10H2,1-4H3. The van der Waals surface area contributed by atoms with Gasteiger partial charge in [-0.1, -0.05) is 24.8 Å². The number of sulfonamides is 1. The molecule has 1 N–H and O–H groups in total. The average Bonchev–Trinajstić information content (AvgIpc) is 2.44. The van der Waals surface area contributed by atoms with Crippen molar-refractivity contribution in [2.24, 2.45) is 0 Å². The first kappa shape index (κ1) is 16.7. The van der Waals surface area contributed by atoms with Crippen molar-refractivity contribution in [3.63, 3.8) is 0 Å². The van der Waals surface area contributed by atoms with Crippen LogP contribution in [-0.4, -0.2) is 37.5 Å². The Kier molecular flexibility index (Phi) is 5.75. The third kappa shape index (κ3) is 3.60. The van der Waals surface area contributed by atoms with Gasteiger partial charge in [0.25, 0.3) is 0 Å². The monoisotopic (exact) mass is 295 g/mol. The number of hydrogen-bond acceptors (Lipinski definition) is 3. The minimum absolute atomic E-state index is 0.0633. The summed E-state index contributed by atoms with van der Waals surface area (Å²) in [6, 6.07) is 4.98. The van der Waals surface area contributed by atoms with Crippen molar-refractivity contribution >= 4 is 10.0 Å². The summed E-state index contributed by atoms with van der Waals surface area (Å²) in [5.41, 5.74) is 1.27. The molecule has 0 aliphatic carbocycles. The van der Waals surface area contributed by atoms with Gasteiger partial charge in [0.15, 0.2) is 0 Å². The van der Waals surface area contributed by atoms with Gasteiger partial charge < -0.3 is 5.11 Å². The molecule has 0 aliphatic heterocycles. The van der Waals surface area contributed by atoms with E-state index in [9.17, 15) is 8.42 Å². The molecule has 0 heterocycles. The second kappa shape index (κ2) is 6.89. The molecule has 1 rings (SSSR count). The first-order valence-corrected chi connectivity index (χ1v) is 7.97. The molecule has 1 aromatic carbocycles. The maximum atomic E-state index is 12.6. The molecule has 1 atom stereocenters. The van der Waals surface area contributed by atoms with Gasteiger partial charge in [-0.3, -0.25) is 0 Å². The summed E-state index contributed by atoms with van der Waals surface area (Å²) >= 11 is 0. The van der Waals surface area contributed by atoms with Gasteiger partial charge in [0, 0.05) is 18.7 Å². The predicted molar refractivity (Wildman–Crippen MR) is 79.8 cm³/mol. The van der Waals surface area contributed by atoms with Crippen LogP contribution in [0.25, 0.3) is 0 Å². The lowest BCUT2D eigenvalue weighted by Gasteiger charge is -2.24. The van der Waals surface area contributed by atoms with Crippen LogP contribution in [0.4, 0.5) is 0 Å². The van der Waals surface area contributed by atoms with Crippen LogP contribution in [0, 0.1) is 18.8 Å². The minimum Gasteiger partial charge on any atom is -0.384 e. The van der Waals surface area contributed by atoms with Crippen molar-refractivity contribution in [3.8, 4) is 11.8 Å². The lowest BCUT2D eigenvalue weighted by molar-refractivity contribution is 0.350. The van der Waals surface area contributed by atoms with Crippen LogP contribution in [0.1, 0.15) is 31.4 Å². The van der Waals surface area contributed by atoms with Crippen LogP contribution in [0.15, 0.2) is 23.1 Å². The van der Waals surface area contributed by atoms with Crippen molar-refractivity contribution < 1.29 is 13.5 Å². The van der Waals surface area contributed by atoms with Gasteiger partial charge >= 0.3 is 0 Å². The highest BCUT2D eigenvalue weighted by Gasteiger charge is 2.26. The van der Waals surface area contributed by atoms with Crippen LogP contribution in [0.3, 0.4) is 0 Å². The normalized spacial score (nSPS) is 12.9. The molecular formula is C15H21NO3S. The van der Waals surface area contributed by atoms with Crippen molar-refractivity contribution in [3.05, 3.63) is 29.3 Å². The zero-order valence-corrected chi connectivity index (χ0v) is 13.2. The second-order valence-electron chi connectivity index (χ2n) is 4.72. The van der Waals surface area contributed by atoms with Gasteiger partial charge in [-0.05, 0) is 38.0 Å². The van der Waals surface area contributed by atoms with E-state index in [0.717, 1.165) is 6.42 Å². The fourth-order valence-corrected chi connectivity index (χ4v) is 3.43. The number of nitrogens with zero attached hydrogens (tertiary/aromatic N) is 1. The van der Waals surface area contributed by atoms with E-state index in [2.05, 4.69) is 11.8 Å². The van der Waals surface area contributed by atoms with Gasteiger partial charge in [0.05, 0.1) is 4.90 Å².